The number of hydrogen-bond acceptors (Lipinski definition) is 3. The molecule has 0 saturated heterocycles. The Labute approximate surface area is 342 Å². The number of rotatable bonds is 26. The maximum atomic E-state index is 16.0. The highest BCUT2D eigenvalue weighted by Gasteiger charge is 2.68. The Morgan fingerprint density at radius 2 is 1.02 bits per heavy atom. The van der Waals surface area contributed by atoms with E-state index in [1.54, 1.807) is 0 Å². The van der Waals surface area contributed by atoms with Crippen molar-refractivity contribution in [1.29, 1.82) is 0 Å². The molecule has 4 aromatic carbocycles. The minimum atomic E-state index is -3.20. The van der Waals surface area contributed by atoms with Gasteiger partial charge in [-0.15, -0.1) is 0 Å². The van der Waals surface area contributed by atoms with Crippen molar-refractivity contribution in [3.05, 3.63) is 121 Å². The van der Waals surface area contributed by atoms with Crippen LogP contribution < -0.4 is 21.0 Å². The average Bonchev–Trinajstić information content (AvgIpc) is 3.97. The Bertz CT molecular complexity index is 1630. The van der Waals surface area contributed by atoms with Crippen molar-refractivity contribution < 1.29 is 14.1 Å². The first-order chi connectivity index (χ1) is 27.2. The summed E-state index contributed by atoms with van der Waals surface area (Å²) in [5, 5.41) is 16.0. The molecule has 3 atom stereocenters. The number of aliphatic hydroxyl groups excluding tert-OH is 1. The zero-order valence-electron chi connectivity index (χ0n) is 35.3. The fourth-order valence-electron chi connectivity index (χ4n) is 9.70. The van der Waals surface area contributed by atoms with Gasteiger partial charge in [-0.25, -0.2) is 0 Å². The summed E-state index contributed by atoms with van der Waals surface area (Å²) in [5.74, 6) is 0.235. The van der Waals surface area contributed by atoms with Crippen LogP contribution in [0.3, 0.4) is 0 Å². The van der Waals surface area contributed by atoms with Crippen molar-refractivity contribution in [2.75, 3.05) is 6.61 Å². The van der Waals surface area contributed by atoms with E-state index in [4.69, 9.17) is 4.43 Å². The topological polar surface area (TPSA) is 46.5 Å². The molecule has 0 spiro atoms. The van der Waals surface area contributed by atoms with Crippen LogP contribution in [0.15, 0.2) is 121 Å². The van der Waals surface area contributed by atoms with Crippen molar-refractivity contribution in [1.82, 2.24) is 0 Å². The van der Waals surface area contributed by atoms with Crippen molar-refractivity contribution >= 4 is 36.4 Å². The smallest absolute Gasteiger partial charge is 0.261 e. The monoisotopic (exact) mass is 793 g/mol. The Kier molecular flexibility index (Phi) is 17.3. The van der Waals surface area contributed by atoms with Gasteiger partial charge in [0, 0.05) is 17.2 Å². The zero-order chi connectivity index (χ0) is 39.7. The lowest BCUT2D eigenvalue weighted by Gasteiger charge is -2.43. The minimum Gasteiger partial charge on any atom is -0.407 e. The van der Waals surface area contributed by atoms with Gasteiger partial charge in [0.1, 0.15) is 0 Å². The van der Waals surface area contributed by atoms with Gasteiger partial charge in [0.15, 0.2) is 7.14 Å². The summed E-state index contributed by atoms with van der Waals surface area (Å²) in [7, 11) is -5.89. The maximum absolute atomic E-state index is 16.0. The second-order valence-corrected chi connectivity index (χ2v) is 25.1. The molecular formula is C51H73O3PSi. The minimum absolute atomic E-state index is 0.110. The Hall–Kier alpha value is -2.75. The molecule has 0 aliphatic heterocycles. The highest BCUT2D eigenvalue weighted by atomic mass is 31.2. The van der Waals surface area contributed by atoms with Crippen LogP contribution in [0.1, 0.15) is 143 Å². The van der Waals surface area contributed by atoms with Gasteiger partial charge in [0.05, 0.1) is 11.3 Å². The largest absolute Gasteiger partial charge is 0.407 e. The number of hydrogen-bond donors (Lipinski definition) is 1. The molecular weight excluding hydrogens is 720 g/mol. The Morgan fingerprint density at radius 1 is 0.625 bits per heavy atom. The van der Waals surface area contributed by atoms with Crippen LogP contribution in [-0.4, -0.2) is 31.3 Å². The molecule has 304 valence electrons. The fraction of sp³-hybridized carbons (Fsp3) is 0.529. The fourth-order valence-corrected chi connectivity index (χ4v) is 18.4. The van der Waals surface area contributed by atoms with Crippen LogP contribution in [0.2, 0.25) is 5.04 Å². The van der Waals surface area contributed by atoms with Gasteiger partial charge in [0.25, 0.3) is 8.32 Å². The third kappa shape index (κ3) is 10.6. The van der Waals surface area contributed by atoms with Crippen LogP contribution in [-0.2, 0) is 8.99 Å². The van der Waals surface area contributed by atoms with Crippen LogP contribution in [0.4, 0.5) is 0 Å². The van der Waals surface area contributed by atoms with E-state index in [1.807, 2.05) is 60.7 Å². The zero-order valence-corrected chi connectivity index (χ0v) is 37.2. The first kappa shape index (κ1) is 44.4. The average molecular weight is 793 g/mol. The van der Waals surface area contributed by atoms with E-state index in [1.165, 1.54) is 93.8 Å². The van der Waals surface area contributed by atoms with Gasteiger partial charge in [-0.2, -0.15) is 0 Å². The second kappa shape index (κ2) is 21.8. The molecule has 0 heterocycles. The predicted molar refractivity (Wildman–Crippen MR) is 244 cm³/mol. The molecule has 5 heteroatoms. The summed E-state index contributed by atoms with van der Waals surface area (Å²) in [4.78, 5) is 0. The molecule has 4 aromatic rings. The summed E-state index contributed by atoms with van der Waals surface area (Å²) in [6.07, 6.45) is 21.2. The summed E-state index contributed by atoms with van der Waals surface area (Å²) < 4.78 is 23.3. The van der Waals surface area contributed by atoms with E-state index in [9.17, 15) is 5.11 Å². The first-order valence-corrected chi connectivity index (χ1v) is 26.0. The standard InChI is InChI=1S/C51H73O3PSi/c1-5-6-7-8-9-10-11-12-13-14-15-16-17-22-32-44-43-51(44,55(53,45-33-23-18-24-34-45)46-35-25-19-26-36-46)49(52)41-31-42-54-56(50(2,3)4,47-37-27-20-28-38-47)48-39-29-21-30-40-48/h18-21,23-30,33-40,44,49,52H,5-17,22,31-32,41-43H2,1-4H3/t44-,49+,51-/m1/s1. The SMILES string of the molecule is CCCCCCCCCCCCCCCC[C@@H]1C[C@@]1([C@@H](O)CCCO[Si](c1ccccc1)(c1ccccc1)C(C)(C)C)P(=O)(c1ccccc1)c1ccccc1. The molecule has 1 aliphatic carbocycles. The van der Waals surface area contributed by atoms with E-state index in [0.717, 1.165) is 29.9 Å². The molecule has 1 N–H and O–H groups in total. The summed E-state index contributed by atoms with van der Waals surface area (Å²) in [6.45, 7) is 9.77. The summed E-state index contributed by atoms with van der Waals surface area (Å²) in [6, 6.07) is 41.8. The van der Waals surface area contributed by atoms with Gasteiger partial charge >= 0.3 is 0 Å². The molecule has 0 radical (unpaired) electrons. The lowest BCUT2D eigenvalue weighted by molar-refractivity contribution is 0.133. The number of aliphatic hydroxyl groups is 1. The van der Waals surface area contributed by atoms with Crippen LogP contribution in [0, 0.1) is 5.92 Å². The highest BCUT2D eigenvalue weighted by Crippen LogP contribution is 2.74. The molecule has 1 fully saturated rings. The summed E-state index contributed by atoms with van der Waals surface area (Å²) >= 11 is 0. The van der Waals surface area contributed by atoms with E-state index >= 15 is 4.57 Å². The van der Waals surface area contributed by atoms with Crippen molar-refractivity contribution in [3.8, 4) is 0 Å². The van der Waals surface area contributed by atoms with E-state index in [0.29, 0.717) is 19.4 Å². The molecule has 0 aromatic heterocycles. The van der Waals surface area contributed by atoms with Crippen LogP contribution >= 0.6 is 7.14 Å². The van der Waals surface area contributed by atoms with E-state index in [2.05, 4.69) is 88.4 Å². The molecule has 1 aliphatic rings. The predicted octanol–water partition coefficient (Wildman–Crippen LogP) is 12.3. The second-order valence-electron chi connectivity index (χ2n) is 17.7. The van der Waals surface area contributed by atoms with Gasteiger partial charge in [-0.3, -0.25) is 0 Å². The van der Waals surface area contributed by atoms with Crippen LogP contribution in [0.25, 0.3) is 0 Å². The van der Waals surface area contributed by atoms with Gasteiger partial charge in [0.2, 0.25) is 0 Å². The van der Waals surface area contributed by atoms with Gasteiger partial charge < -0.3 is 14.1 Å². The molecule has 56 heavy (non-hydrogen) atoms. The Balaban J connectivity index is 1.25. The third-order valence-electron chi connectivity index (χ3n) is 12.8. The van der Waals surface area contributed by atoms with Gasteiger partial charge in [-0.05, 0) is 47.0 Å². The highest BCUT2D eigenvalue weighted by molar-refractivity contribution is 7.80. The lowest BCUT2D eigenvalue weighted by atomic mass is 10.0. The number of unbranched alkanes of at least 4 members (excludes halogenated alkanes) is 13. The molecule has 0 amide bonds. The number of benzene rings is 4. The molecule has 5 rings (SSSR count). The third-order valence-corrected chi connectivity index (χ3v) is 21.9. The van der Waals surface area contributed by atoms with E-state index in [-0.39, 0.29) is 11.0 Å². The molecule has 3 nitrogen and oxygen atoms in total. The molecule has 1 saturated carbocycles. The Morgan fingerprint density at radius 3 is 1.43 bits per heavy atom. The van der Waals surface area contributed by atoms with E-state index < -0.39 is 26.7 Å². The normalized spacial score (nSPS) is 17.8. The van der Waals surface area contributed by atoms with Gasteiger partial charge in [-0.1, -0.05) is 239 Å². The quantitative estimate of drug-likeness (QED) is 0.0391. The molecule has 0 unspecified atom stereocenters. The van der Waals surface area contributed by atoms with Crippen molar-refractivity contribution in [2.24, 2.45) is 5.92 Å². The maximum Gasteiger partial charge on any atom is 0.261 e. The van der Waals surface area contributed by atoms with Crippen molar-refractivity contribution in [2.45, 2.75) is 160 Å². The first-order valence-electron chi connectivity index (χ1n) is 22.4. The van der Waals surface area contributed by atoms with Crippen LogP contribution in [0.5, 0.6) is 0 Å². The van der Waals surface area contributed by atoms with Crippen molar-refractivity contribution in [3.63, 3.8) is 0 Å². The summed E-state index contributed by atoms with van der Waals surface area (Å²) in [5.41, 5.74) is 0. The molecule has 0 bridgehead atoms. The lowest BCUT2D eigenvalue weighted by Crippen LogP contribution is -2.66.